The molecule has 0 saturated heterocycles. The summed E-state index contributed by atoms with van der Waals surface area (Å²) in [4.78, 5) is 0. The fourth-order valence-electron chi connectivity index (χ4n) is 1.91. The maximum Gasteiger partial charge on any atom is 0.150 e. The van der Waals surface area contributed by atoms with Gasteiger partial charge in [-0.2, -0.15) is 0 Å². The first kappa shape index (κ1) is 15.1. The standard InChI is InChI=1S/C15H20FN3S/c1-10(2)17-9-5-8-13-18-19-15(20-13)12-7-4-6-11(3)14(12)16/h4,6-7,10,17H,5,8-9H2,1-3H3. The van der Waals surface area contributed by atoms with E-state index in [4.69, 9.17) is 0 Å². The summed E-state index contributed by atoms with van der Waals surface area (Å²) in [6, 6.07) is 5.87. The maximum absolute atomic E-state index is 14.0. The van der Waals surface area contributed by atoms with Crippen LogP contribution < -0.4 is 5.32 Å². The normalized spacial score (nSPS) is 11.2. The van der Waals surface area contributed by atoms with Crippen LogP contribution in [0.4, 0.5) is 4.39 Å². The SMILES string of the molecule is Cc1cccc(-c2nnc(CCCNC(C)C)s2)c1F. The van der Waals surface area contributed by atoms with Gasteiger partial charge in [-0.3, -0.25) is 0 Å². The molecule has 3 nitrogen and oxygen atoms in total. The minimum Gasteiger partial charge on any atom is -0.315 e. The third-order valence-corrected chi connectivity index (χ3v) is 4.03. The molecule has 0 aliphatic rings. The first-order valence-electron chi connectivity index (χ1n) is 6.89. The van der Waals surface area contributed by atoms with E-state index in [1.54, 1.807) is 19.1 Å². The van der Waals surface area contributed by atoms with Crippen molar-refractivity contribution in [1.29, 1.82) is 0 Å². The highest BCUT2D eigenvalue weighted by atomic mass is 32.1. The zero-order valence-electron chi connectivity index (χ0n) is 12.1. The van der Waals surface area contributed by atoms with E-state index in [1.807, 2.05) is 6.07 Å². The molecule has 0 fully saturated rings. The molecule has 1 heterocycles. The second-order valence-electron chi connectivity index (χ2n) is 5.15. The third-order valence-electron chi connectivity index (χ3n) is 3.01. The highest BCUT2D eigenvalue weighted by Crippen LogP contribution is 2.27. The largest absolute Gasteiger partial charge is 0.315 e. The zero-order valence-corrected chi connectivity index (χ0v) is 12.9. The maximum atomic E-state index is 14.0. The van der Waals surface area contributed by atoms with Gasteiger partial charge in [0.05, 0.1) is 0 Å². The second-order valence-corrected chi connectivity index (χ2v) is 6.21. The highest BCUT2D eigenvalue weighted by molar-refractivity contribution is 7.14. The summed E-state index contributed by atoms with van der Waals surface area (Å²) in [5, 5.41) is 13.3. The fourth-order valence-corrected chi connectivity index (χ4v) is 2.81. The molecule has 5 heteroatoms. The van der Waals surface area contributed by atoms with Gasteiger partial charge in [-0.1, -0.05) is 37.3 Å². The van der Waals surface area contributed by atoms with Crippen molar-refractivity contribution in [1.82, 2.24) is 15.5 Å². The Morgan fingerprint density at radius 2 is 2.10 bits per heavy atom. The van der Waals surface area contributed by atoms with Gasteiger partial charge in [0.1, 0.15) is 10.8 Å². The molecular formula is C15H20FN3S. The van der Waals surface area contributed by atoms with Gasteiger partial charge in [-0.15, -0.1) is 10.2 Å². The first-order valence-corrected chi connectivity index (χ1v) is 7.71. The Morgan fingerprint density at radius 3 is 2.85 bits per heavy atom. The summed E-state index contributed by atoms with van der Waals surface area (Å²) >= 11 is 1.48. The van der Waals surface area contributed by atoms with Crippen molar-refractivity contribution in [3.8, 4) is 10.6 Å². The van der Waals surface area contributed by atoms with Crippen LogP contribution in [0.25, 0.3) is 10.6 Å². The number of aromatic nitrogens is 2. The van der Waals surface area contributed by atoms with Crippen LogP contribution in [0.2, 0.25) is 0 Å². The van der Waals surface area contributed by atoms with Gasteiger partial charge in [0.15, 0.2) is 5.01 Å². The molecule has 0 radical (unpaired) electrons. The Hall–Kier alpha value is -1.33. The molecule has 0 spiro atoms. The molecule has 1 aromatic heterocycles. The van der Waals surface area contributed by atoms with Crippen LogP contribution in [0.5, 0.6) is 0 Å². The van der Waals surface area contributed by atoms with E-state index in [0.717, 1.165) is 24.4 Å². The minimum atomic E-state index is -0.198. The lowest BCUT2D eigenvalue weighted by Gasteiger charge is -2.05. The Balaban J connectivity index is 2.00. The second kappa shape index (κ2) is 6.90. The molecule has 0 amide bonds. The quantitative estimate of drug-likeness (QED) is 0.827. The molecular weight excluding hydrogens is 273 g/mol. The molecule has 2 rings (SSSR count). The average Bonchev–Trinajstić information content (AvgIpc) is 2.86. The van der Waals surface area contributed by atoms with Crippen LogP contribution in [0.15, 0.2) is 18.2 Å². The molecule has 0 aliphatic carbocycles. The smallest absolute Gasteiger partial charge is 0.150 e. The van der Waals surface area contributed by atoms with Crippen LogP contribution in [0.1, 0.15) is 30.8 Å². The number of nitrogens with one attached hydrogen (secondary N) is 1. The van der Waals surface area contributed by atoms with Crippen LogP contribution in [-0.2, 0) is 6.42 Å². The van der Waals surface area contributed by atoms with Crippen LogP contribution in [0, 0.1) is 12.7 Å². The number of nitrogens with zero attached hydrogens (tertiary/aromatic N) is 2. The van der Waals surface area contributed by atoms with Crippen LogP contribution in [0.3, 0.4) is 0 Å². The lowest BCUT2D eigenvalue weighted by Crippen LogP contribution is -2.23. The van der Waals surface area contributed by atoms with Gasteiger partial charge in [-0.25, -0.2) is 4.39 Å². The zero-order chi connectivity index (χ0) is 14.5. The van der Waals surface area contributed by atoms with Crippen molar-refractivity contribution >= 4 is 11.3 Å². The van der Waals surface area contributed by atoms with E-state index in [2.05, 4.69) is 29.4 Å². The number of benzene rings is 1. The van der Waals surface area contributed by atoms with Gasteiger partial charge in [-0.05, 0) is 31.5 Å². The van der Waals surface area contributed by atoms with Crippen LogP contribution in [-0.4, -0.2) is 22.8 Å². The Morgan fingerprint density at radius 1 is 1.30 bits per heavy atom. The van der Waals surface area contributed by atoms with E-state index in [0.29, 0.717) is 22.2 Å². The molecule has 0 bridgehead atoms. The number of aryl methyl sites for hydroxylation is 2. The van der Waals surface area contributed by atoms with Crippen molar-refractivity contribution in [2.45, 2.75) is 39.7 Å². The lowest BCUT2D eigenvalue weighted by atomic mass is 10.1. The van der Waals surface area contributed by atoms with E-state index < -0.39 is 0 Å². The Bertz CT molecular complexity index is 566. The minimum absolute atomic E-state index is 0.198. The summed E-state index contributed by atoms with van der Waals surface area (Å²) in [6.07, 6.45) is 1.90. The van der Waals surface area contributed by atoms with Gasteiger partial charge in [0.25, 0.3) is 0 Å². The number of rotatable bonds is 6. The number of halogens is 1. The molecule has 0 aliphatic heterocycles. The predicted molar refractivity (Wildman–Crippen MR) is 81.5 cm³/mol. The Labute approximate surface area is 123 Å². The van der Waals surface area contributed by atoms with Gasteiger partial charge < -0.3 is 5.32 Å². The van der Waals surface area contributed by atoms with Crippen molar-refractivity contribution in [2.24, 2.45) is 0 Å². The lowest BCUT2D eigenvalue weighted by molar-refractivity contribution is 0.569. The fraction of sp³-hybridized carbons (Fsp3) is 0.467. The summed E-state index contributed by atoms with van der Waals surface area (Å²) in [6.45, 7) is 6.98. The molecule has 1 N–H and O–H groups in total. The van der Waals surface area contributed by atoms with Gasteiger partial charge >= 0.3 is 0 Å². The van der Waals surface area contributed by atoms with E-state index in [1.165, 1.54) is 11.3 Å². The molecule has 0 saturated carbocycles. The summed E-state index contributed by atoms with van der Waals surface area (Å²) in [7, 11) is 0. The average molecular weight is 293 g/mol. The highest BCUT2D eigenvalue weighted by Gasteiger charge is 2.12. The van der Waals surface area contributed by atoms with Crippen molar-refractivity contribution in [3.05, 3.63) is 34.6 Å². The summed E-state index contributed by atoms with van der Waals surface area (Å²) < 4.78 is 14.0. The molecule has 1 aromatic carbocycles. The van der Waals surface area contributed by atoms with Crippen molar-refractivity contribution in [2.75, 3.05) is 6.54 Å². The summed E-state index contributed by atoms with van der Waals surface area (Å²) in [5.74, 6) is -0.198. The third kappa shape index (κ3) is 3.84. The van der Waals surface area contributed by atoms with E-state index in [-0.39, 0.29) is 5.82 Å². The van der Waals surface area contributed by atoms with E-state index >= 15 is 0 Å². The topological polar surface area (TPSA) is 37.8 Å². The van der Waals surface area contributed by atoms with Gasteiger partial charge in [0.2, 0.25) is 0 Å². The molecule has 20 heavy (non-hydrogen) atoms. The molecule has 0 unspecified atom stereocenters. The first-order chi connectivity index (χ1) is 9.58. The predicted octanol–water partition coefficient (Wildman–Crippen LogP) is 3.58. The number of hydrogen-bond donors (Lipinski definition) is 1. The monoisotopic (exact) mass is 293 g/mol. The molecule has 0 atom stereocenters. The van der Waals surface area contributed by atoms with Crippen molar-refractivity contribution < 1.29 is 4.39 Å². The van der Waals surface area contributed by atoms with Crippen molar-refractivity contribution in [3.63, 3.8) is 0 Å². The van der Waals surface area contributed by atoms with Crippen LogP contribution >= 0.6 is 11.3 Å². The van der Waals surface area contributed by atoms with E-state index in [9.17, 15) is 4.39 Å². The molecule has 2 aromatic rings. The van der Waals surface area contributed by atoms with Gasteiger partial charge in [0, 0.05) is 18.0 Å². The molecule has 108 valence electrons. The summed E-state index contributed by atoms with van der Waals surface area (Å²) in [5.41, 5.74) is 1.19. The Kier molecular flexibility index (Phi) is 5.20. The number of hydrogen-bond acceptors (Lipinski definition) is 4.